The molecule has 0 spiro atoms. The molecule has 1 aromatic carbocycles. The number of carboxylic acids is 2. The number of fused-ring (bicyclic) bond motifs is 2. The lowest BCUT2D eigenvalue weighted by atomic mass is 9.97. The summed E-state index contributed by atoms with van der Waals surface area (Å²) in [5, 5.41) is 120. The number of aliphatic hydroxyl groups is 10. The zero-order chi connectivity index (χ0) is 55.4. The molecule has 15 N–H and O–H groups in total. The number of hydrogen-bond acceptors (Lipinski definition) is 19. The molecule has 1 aliphatic rings. The van der Waals surface area contributed by atoms with Gasteiger partial charge in [0.2, 0.25) is 0 Å². The first-order valence-electron chi connectivity index (χ1n) is 21.9. The van der Waals surface area contributed by atoms with E-state index in [-0.39, 0.29) is 37.1 Å². The summed E-state index contributed by atoms with van der Waals surface area (Å²) in [6, 6.07) is 4.88. The van der Waals surface area contributed by atoms with Crippen LogP contribution in [0.15, 0.2) is 24.4 Å². The van der Waals surface area contributed by atoms with Gasteiger partial charge in [-0.05, 0) is 38.8 Å². The molecule has 4 aromatic rings. The number of nitrogens with two attached hydrogens (primary N) is 1. The molecule has 410 valence electrons. The number of H-pyrrole nitrogens is 1. The van der Waals surface area contributed by atoms with Gasteiger partial charge in [0.25, 0.3) is 17.6 Å². The van der Waals surface area contributed by atoms with Crippen LogP contribution in [0.1, 0.15) is 53.4 Å². The van der Waals surface area contributed by atoms with Crippen molar-refractivity contribution in [1.29, 1.82) is 0 Å². The van der Waals surface area contributed by atoms with Crippen molar-refractivity contribution in [3.8, 4) is 0 Å². The van der Waals surface area contributed by atoms with Crippen LogP contribution in [0.5, 0.6) is 0 Å². The summed E-state index contributed by atoms with van der Waals surface area (Å²) in [5.74, 6) is -5.88. The smallest absolute Gasteiger partial charge is 0.490 e. The molecule has 8 unspecified atom stereocenters. The van der Waals surface area contributed by atoms with Gasteiger partial charge in [-0.2, -0.15) is 26.3 Å². The standard InChI is InChI=1S/C37H54ClN9O12.2C2HF3O2/c1-3-46-21-6-5-18(11-22(21)47(4-2)27(46)13-41-36(58)29-34(39)43-35-28(42-29)20(38)12-40-35)37(59)44-9-7-19(8-10-44)45(14-23(50)30(54)32(56)25(52)16-48)15-24(51)31(55)33(57)26(53)17-49;2*3-2(4,5)1(6)7/h5-6,11-12,19,23-26,30-33,48-57H,3-4,7-10,13-17H2,1-2H3,(H3-,39,40,41,42,43,58);2*(H,6,7). The quantitative estimate of drug-likeness (QED) is 0.0315. The third-order valence-electron chi connectivity index (χ3n) is 11.4. The Labute approximate surface area is 413 Å². The monoisotopic (exact) mass is 1080 g/mol. The number of carbonyl (C=O) groups is 4. The van der Waals surface area contributed by atoms with Crippen LogP contribution in [0.2, 0.25) is 5.02 Å². The summed E-state index contributed by atoms with van der Waals surface area (Å²) in [6.45, 7) is 2.93. The number of alkyl halides is 6. The second-order valence-electron chi connectivity index (χ2n) is 16.2. The predicted molar refractivity (Wildman–Crippen MR) is 235 cm³/mol. The zero-order valence-corrected chi connectivity index (χ0v) is 39.4. The van der Waals surface area contributed by atoms with E-state index in [1.807, 2.05) is 29.0 Å². The molecule has 2 amide bonds. The number of aromatic nitrogens is 5. The molecule has 1 saturated heterocycles. The summed E-state index contributed by atoms with van der Waals surface area (Å²) < 4.78 is 67.3. The zero-order valence-electron chi connectivity index (χ0n) is 38.7. The number of nitrogens with one attached hydrogen (secondary N) is 2. The van der Waals surface area contributed by atoms with Gasteiger partial charge in [-0.3, -0.25) is 14.5 Å². The second kappa shape index (κ2) is 26.6. The number of amides is 2. The summed E-state index contributed by atoms with van der Waals surface area (Å²) in [4.78, 5) is 59.4. The average Bonchev–Trinajstić information content (AvgIpc) is 3.87. The first-order chi connectivity index (χ1) is 33.9. The highest BCUT2D eigenvalue weighted by molar-refractivity contribution is 6.35. The molecule has 4 heterocycles. The maximum absolute atomic E-state index is 14.0. The van der Waals surface area contributed by atoms with E-state index in [1.165, 1.54) is 11.1 Å². The van der Waals surface area contributed by atoms with E-state index in [2.05, 4.69) is 20.3 Å². The summed E-state index contributed by atoms with van der Waals surface area (Å²) >= 11 is 6.18. The lowest BCUT2D eigenvalue weighted by Gasteiger charge is -2.41. The Bertz CT molecular complexity index is 2440. The number of halogens is 7. The van der Waals surface area contributed by atoms with Crippen molar-refractivity contribution >= 4 is 63.4 Å². The number of likely N-dealkylation sites (tertiary alicyclic amines) is 1. The lowest BCUT2D eigenvalue weighted by molar-refractivity contribution is -0.676. The maximum Gasteiger partial charge on any atom is 0.490 e. The topological polar surface area (TPSA) is 409 Å². The predicted octanol–water partition coefficient (Wildman–Crippen LogP) is -3.88. The molecule has 1 aliphatic heterocycles. The minimum atomic E-state index is -5.19. The molecule has 25 nitrogen and oxygen atoms in total. The third kappa shape index (κ3) is 16.0. The summed E-state index contributed by atoms with van der Waals surface area (Å²) in [6.07, 6.45) is -22.8. The van der Waals surface area contributed by atoms with Crippen LogP contribution >= 0.6 is 11.6 Å². The van der Waals surface area contributed by atoms with Crippen LogP contribution in [-0.4, -0.2) is 216 Å². The Balaban J connectivity index is 0.000000878. The number of piperidine rings is 1. The van der Waals surface area contributed by atoms with Gasteiger partial charge >= 0.3 is 18.3 Å². The average molecular weight is 1080 g/mol. The number of benzene rings is 1. The SMILES string of the molecule is CCn1c(CNC(=O)c2nc3c(Cl)c[nH]c3nc2N)[n+](CC)c2ccc(C(=O)N3CCC(N(CC(O)C(O)C(O)C(O)CO)CC(O)C(O)C(O)C(O)CO)CC3)cc21.O=C(O)C(F)(F)F.O=C([O-])C(F)(F)F. The Hall–Kier alpha value is -5.58. The molecule has 3 aromatic heterocycles. The normalized spacial score (nSPS) is 16.8. The first kappa shape index (κ1) is 61.7. The number of aliphatic hydroxyl groups excluding tert-OH is 10. The van der Waals surface area contributed by atoms with Gasteiger partial charge in [0.1, 0.15) is 54.7 Å². The van der Waals surface area contributed by atoms with Crippen LogP contribution in [0.4, 0.5) is 32.2 Å². The van der Waals surface area contributed by atoms with Crippen molar-refractivity contribution < 1.29 is 111 Å². The van der Waals surface area contributed by atoms with Crippen LogP contribution < -0.4 is 20.7 Å². The Kier molecular flexibility index (Phi) is 22.5. The molecule has 0 aliphatic carbocycles. The van der Waals surface area contributed by atoms with E-state index < -0.39 is 111 Å². The molecular formula is C41H56ClF6N9O16. The molecule has 1 fully saturated rings. The van der Waals surface area contributed by atoms with Crippen molar-refractivity contribution in [2.45, 2.75) is 114 Å². The Morgan fingerprint density at radius 1 is 0.877 bits per heavy atom. The number of nitrogens with zero attached hydrogens (tertiary/aromatic N) is 6. The number of hydrogen-bond donors (Lipinski definition) is 14. The number of aliphatic carboxylic acids is 2. The van der Waals surface area contributed by atoms with E-state index in [4.69, 9.17) is 37.1 Å². The number of aromatic amines is 1. The van der Waals surface area contributed by atoms with Gasteiger partial charge in [0.15, 0.2) is 28.2 Å². The van der Waals surface area contributed by atoms with Crippen LogP contribution in [0.25, 0.3) is 22.2 Å². The summed E-state index contributed by atoms with van der Waals surface area (Å²) in [7, 11) is 0. The van der Waals surface area contributed by atoms with E-state index in [1.54, 1.807) is 17.0 Å². The van der Waals surface area contributed by atoms with Crippen LogP contribution in [-0.2, 0) is 29.2 Å². The van der Waals surface area contributed by atoms with Gasteiger partial charge in [0.05, 0.1) is 43.5 Å². The number of carboxylic acid groups (broad SMARTS) is 2. The third-order valence-corrected chi connectivity index (χ3v) is 11.7. The first-order valence-corrected chi connectivity index (χ1v) is 22.2. The molecular weight excluding hydrogens is 1020 g/mol. The second-order valence-corrected chi connectivity index (χ2v) is 16.7. The van der Waals surface area contributed by atoms with Crippen LogP contribution in [0.3, 0.4) is 0 Å². The fraction of sp³-hybridized carbons (Fsp3) is 0.585. The number of rotatable bonds is 19. The lowest BCUT2D eigenvalue weighted by Crippen LogP contribution is -2.56. The van der Waals surface area contributed by atoms with Crippen molar-refractivity contribution in [3.05, 3.63) is 46.5 Å². The van der Waals surface area contributed by atoms with E-state index >= 15 is 0 Å². The Morgan fingerprint density at radius 2 is 1.37 bits per heavy atom. The highest BCUT2D eigenvalue weighted by Gasteiger charge is 2.39. The van der Waals surface area contributed by atoms with Gasteiger partial charge in [-0.1, -0.05) is 11.6 Å². The van der Waals surface area contributed by atoms with E-state index in [0.29, 0.717) is 47.7 Å². The van der Waals surface area contributed by atoms with Crippen molar-refractivity contribution in [1.82, 2.24) is 34.6 Å². The molecule has 5 rings (SSSR count). The van der Waals surface area contributed by atoms with Crippen molar-refractivity contribution in [2.24, 2.45) is 0 Å². The minimum absolute atomic E-state index is 0.0646. The fourth-order valence-corrected chi connectivity index (χ4v) is 7.75. The van der Waals surface area contributed by atoms with E-state index in [9.17, 15) is 87.0 Å². The highest BCUT2D eigenvalue weighted by Crippen LogP contribution is 2.25. The number of aryl methyl sites for hydroxylation is 2. The number of nitrogen functional groups attached to an aromatic ring is 1. The number of carbonyl (C=O) groups excluding carboxylic acids is 3. The minimum Gasteiger partial charge on any atom is -0.542 e. The van der Waals surface area contributed by atoms with Gasteiger partial charge in [-0.25, -0.2) is 23.9 Å². The van der Waals surface area contributed by atoms with Gasteiger partial charge in [-0.15, -0.1) is 0 Å². The van der Waals surface area contributed by atoms with Gasteiger partial charge < -0.3 is 87.0 Å². The molecule has 8 atom stereocenters. The highest BCUT2D eigenvalue weighted by atomic mass is 35.5. The van der Waals surface area contributed by atoms with Crippen molar-refractivity contribution in [2.75, 3.05) is 45.1 Å². The van der Waals surface area contributed by atoms with Gasteiger partial charge in [0, 0.05) is 50.0 Å². The van der Waals surface area contributed by atoms with Crippen molar-refractivity contribution in [3.63, 3.8) is 0 Å². The van der Waals surface area contributed by atoms with E-state index in [0.717, 1.165) is 16.9 Å². The summed E-state index contributed by atoms with van der Waals surface area (Å²) in [5.41, 5.74) is 8.63. The van der Waals surface area contributed by atoms with Crippen LogP contribution in [0, 0.1) is 0 Å². The molecule has 0 bridgehead atoms. The number of anilines is 1. The fourth-order valence-electron chi connectivity index (χ4n) is 7.56. The maximum atomic E-state index is 14.0. The molecule has 32 heteroatoms. The largest absolute Gasteiger partial charge is 0.542 e. The number of imidazole rings is 1. The molecule has 73 heavy (non-hydrogen) atoms. The Morgan fingerprint density at radius 3 is 1.81 bits per heavy atom. The molecule has 0 radical (unpaired) electrons. The molecule has 0 saturated carbocycles.